The molecule has 1 aliphatic rings. The van der Waals surface area contributed by atoms with E-state index in [2.05, 4.69) is 17.4 Å². The molecule has 0 aliphatic carbocycles. The Morgan fingerprint density at radius 2 is 1.93 bits per heavy atom. The second kappa shape index (κ2) is 3.10. The Morgan fingerprint density at radius 1 is 1.29 bits per heavy atom. The van der Waals surface area contributed by atoms with E-state index < -0.39 is 0 Å². The summed E-state index contributed by atoms with van der Waals surface area (Å²) in [6.07, 6.45) is 0. The maximum Gasteiger partial charge on any atom is 0.416 e. The lowest BCUT2D eigenvalue weighted by Gasteiger charge is -2.17. The third-order valence-corrected chi connectivity index (χ3v) is 2.69. The van der Waals surface area contributed by atoms with Crippen LogP contribution in [0.2, 0.25) is 0 Å². The molecule has 0 saturated carbocycles. The van der Waals surface area contributed by atoms with Crippen LogP contribution in [0.5, 0.6) is 0 Å². The number of quaternary nitrogens is 1. The molecule has 1 N–H and O–H groups in total. The maximum atomic E-state index is 11.5. The molecule has 2 rings (SSSR count). The molecule has 14 heavy (non-hydrogen) atoms. The molecule has 1 unspecified atom stereocenters. The summed E-state index contributed by atoms with van der Waals surface area (Å²) >= 11 is 0. The van der Waals surface area contributed by atoms with Crippen molar-refractivity contribution in [2.45, 2.75) is 6.04 Å². The van der Waals surface area contributed by atoms with Crippen LogP contribution < -0.4 is 5.32 Å². The molecule has 1 aromatic rings. The average molecular weight is 191 g/mol. The van der Waals surface area contributed by atoms with E-state index in [0.717, 1.165) is 6.54 Å². The first-order valence-electron chi connectivity index (χ1n) is 4.78. The van der Waals surface area contributed by atoms with E-state index in [9.17, 15) is 4.79 Å². The first-order valence-corrected chi connectivity index (χ1v) is 4.78. The van der Waals surface area contributed by atoms with Crippen molar-refractivity contribution in [2.75, 3.05) is 20.6 Å². The van der Waals surface area contributed by atoms with Crippen LogP contribution in [0.15, 0.2) is 30.3 Å². The minimum Gasteiger partial charge on any atom is -0.293 e. The van der Waals surface area contributed by atoms with Gasteiger partial charge < -0.3 is 0 Å². The molecule has 74 valence electrons. The van der Waals surface area contributed by atoms with Crippen LogP contribution in [0, 0.1) is 0 Å². The standard InChI is InChI=1S/C11H14N2O/c1-13(2)8-10(12-11(13)14)9-6-4-3-5-7-9/h3-7,10H,8H2,1-2H3/p+1. The lowest BCUT2D eigenvalue weighted by Crippen LogP contribution is -2.42. The largest absolute Gasteiger partial charge is 0.416 e. The summed E-state index contributed by atoms with van der Waals surface area (Å²) < 4.78 is 0.416. The first kappa shape index (κ1) is 9.21. The van der Waals surface area contributed by atoms with Crippen molar-refractivity contribution in [2.24, 2.45) is 0 Å². The van der Waals surface area contributed by atoms with E-state index in [0.29, 0.717) is 4.48 Å². The maximum absolute atomic E-state index is 11.5. The van der Waals surface area contributed by atoms with Crippen LogP contribution in [0.3, 0.4) is 0 Å². The zero-order valence-electron chi connectivity index (χ0n) is 8.53. The van der Waals surface area contributed by atoms with Crippen molar-refractivity contribution in [3.63, 3.8) is 0 Å². The number of urea groups is 1. The minimum absolute atomic E-state index is 0.0962. The van der Waals surface area contributed by atoms with Gasteiger partial charge in [-0.3, -0.25) is 5.32 Å². The highest BCUT2D eigenvalue weighted by molar-refractivity contribution is 5.69. The average Bonchev–Trinajstić information content (AvgIpc) is 2.43. The molecule has 3 nitrogen and oxygen atoms in total. The van der Waals surface area contributed by atoms with E-state index in [-0.39, 0.29) is 12.1 Å². The van der Waals surface area contributed by atoms with Crippen molar-refractivity contribution in [1.82, 2.24) is 5.32 Å². The number of amides is 2. The molecule has 1 heterocycles. The number of carbonyl (C=O) groups excluding carboxylic acids is 1. The molecule has 2 amide bonds. The Hall–Kier alpha value is -1.35. The van der Waals surface area contributed by atoms with Gasteiger partial charge in [0.05, 0.1) is 14.1 Å². The second-order valence-corrected chi connectivity index (χ2v) is 4.28. The van der Waals surface area contributed by atoms with Crippen LogP contribution in [-0.4, -0.2) is 31.2 Å². The Balaban J connectivity index is 2.21. The van der Waals surface area contributed by atoms with E-state index in [1.165, 1.54) is 5.56 Å². The number of likely N-dealkylation sites (N-methyl/N-ethyl adjacent to an activating group) is 1. The monoisotopic (exact) mass is 191 g/mol. The summed E-state index contributed by atoms with van der Waals surface area (Å²) in [6.45, 7) is 0.822. The summed E-state index contributed by atoms with van der Waals surface area (Å²) in [7, 11) is 3.86. The van der Waals surface area contributed by atoms with Crippen molar-refractivity contribution >= 4 is 6.03 Å². The molecule has 0 bridgehead atoms. The van der Waals surface area contributed by atoms with Gasteiger partial charge in [0.1, 0.15) is 12.6 Å². The molecule has 0 radical (unpaired) electrons. The number of nitrogens with one attached hydrogen (secondary N) is 1. The Bertz CT molecular complexity index is 346. The number of hydrogen-bond donors (Lipinski definition) is 1. The molecule has 1 saturated heterocycles. The summed E-state index contributed by atoms with van der Waals surface area (Å²) in [6, 6.07) is 10.4. The molecule has 0 aromatic heterocycles. The summed E-state index contributed by atoms with van der Waals surface area (Å²) in [5.41, 5.74) is 1.18. The molecule has 1 aliphatic heterocycles. The fraction of sp³-hybridized carbons (Fsp3) is 0.364. The third kappa shape index (κ3) is 1.51. The fourth-order valence-corrected chi connectivity index (χ4v) is 1.78. The predicted octanol–water partition coefficient (Wildman–Crippen LogP) is 1.53. The van der Waals surface area contributed by atoms with Crippen molar-refractivity contribution < 1.29 is 9.28 Å². The number of rotatable bonds is 1. The van der Waals surface area contributed by atoms with E-state index in [4.69, 9.17) is 0 Å². The van der Waals surface area contributed by atoms with Crippen molar-refractivity contribution in [3.8, 4) is 0 Å². The van der Waals surface area contributed by atoms with Crippen LogP contribution in [-0.2, 0) is 0 Å². The second-order valence-electron chi connectivity index (χ2n) is 4.28. The highest BCUT2D eigenvalue weighted by atomic mass is 16.2. The van der Waals surface area contributed by atoms with E-state index in [1.54, 1.807) is 0 Å². The highest BCUT2D eigenvalue weighted by Gasteiger charge is 2.39. The highest BCUT2D eigenvalue weighted by Crippen LogP contribution is 2.22. The van der Waals surface area contributed by atoms with Gasteiger partial charge in [-0.1, -0.05) is 30.3 Å². The molecule has 1 fully saturated rings. The van der Waals surface area contributed by atoms with Crippen LogP contribution in [0.25, 0.3) is 0 Å². The first-order chi connectivity index (χ1) is 6.59. The van der Waals surface area contributed by atoms with Crippen LogP contribution in [0.1, 0.15) is 11.6 Å². The quantitative estimate of drug-likeness (QED) is 0.670. The zero-order chi connectivity index (χ0) is 10.2. The van der Waals surface area contributed by atoms with Crippen molar-refractivity contribution in [3.05, 3.63) is 35.9 Å². The van der Waals surface area contributed by atoms with Gasteiger partial charge in [-0.15, -0.1) is 0 Å². The Morgan fingerprint density at radius 3 is 2.43 bits per heavy atom. The van der Waals surface area contributed by atoms with Gasteiger partial charge in [0.25, 0.3) is 0 Å². The van der Waals surface area contributed by atoms with Gasteiger partial charge in [-0.2, -0.15) is 0 Å². The summed E-state index contributed by atoms with van der Waals surface area (Å²) in [5.74, 6) is 0. The normalized spacial score (nSPS) is 24.7. The number of hydrogen-bond acceptors (Lipinski definition) is 1. The minimum atomic E-state index is 0.0962. The van der Waals surface area contributed by atoms with Gasteiger partial charge >= 0.3 is 6.03 Å². The Labute approximate surface area is 83.9 Å². The van der Waals surface area contributed by atoms with Crippen LogP contribution in [0.4, 0.5) is 4.79 Å². The fourth-order valence-electron chi connectivity index (χ4n) is 1.78. The topological polar surface area (TPSA) is 29.1 Å². The predicted molar refractivity (Wildman–Crippen MR) is 54.7 cm³/mol. The number of carbonyl (C=O) groups is 1. The number of nitrogens with zero attached hydrogens (tertiary/aromatic N) is 1. The lowest BCUT2D eigenvalue weighted by molar-refractivity contribution is -0.800. The van der Waals surface area contributed by atoms with Crippen molar-refractivity contribution in [1.29, 1.82) is 0 Å². The molecule has 3 heteroatoms. The SMILES string of the molecule is C[N+]1(C)CC(c2ccccc2)NC1=O. The van der Waals surface area contributed by atoms with Gasteiger partial charge in [0, 0.05) is 0 Å². The smallest absolute Gasteiger partial charge is 0.293 e. The lowest BCUT2D eigenvalue weighted by atomic mass is 10.1. The molecular formula is C11H15N2O+. The summed E-state index contributed by atoms with van der Waals surface area (Å²) in [4.78, 5) is 11.5. The van der Waals surface area contributed by atoms with E-state index in [1.807, 2.05) is 32.3 Å². The van der Waals surface area contributed by atoms with Gasteiger partial charge in [-0.25, -0.2) is 9.28 Å². The summed E-state index contributed by atoms with van der Waals surface area (Å²) in [5, 5.41) is 2.99. The van der Waals surface area contributed by atoms with Gasteiger partial charge in [0.15, 0.2) is 0 Å². The number of benzene rings is 1. The molecule has 1 aromatic carbocycles. The van der Waals surface area contributed by atoms with E-state index >= 15 is 0 Å². The molecular weight excluding hydrogens is 176 g/mol. The zero-order valence-corrected chi connectivity index (χ0v) is 8.53. The molecule has 1 atom stereocenters. The van der Waals surface area contributed by atoms with Gasteiger partial charge in [0.2, 0.25) is 0 Å². The van der Waals surface area contributed by atoms with Crippen LogP contribution >= 0.6 is 0 Å². The van der Waals surface area contributed by atoms with Gasteiger partial charge in [-0.05, 0) is 5.56 Å². The third-order valence-electron chi connectivity index (χ3n) is 2.69. The Kier molecular flexibility index (Phi) is 2.04. The molecule has 0 spiro atoms.